The summed E-state index contributed by atoms with van der Waals surface area (Å²) >= 11 is 1.62. The van der Waals surface area contributed by atoms with Crippen molar-refractivity contribution in [3.05, 3.63) is 40.0 Å². The predicted molar refractivity (Wildman–Crippen MR) is 86.7 cm³/mol. The van der Waals surface area contributed by atoms with E-state index in [1.807, 2.05) is 6.92 Å². The Morgan fingerprint density at radius 3 is 2.71 bits per heavy atom. The number of fused-ring (bicyclic) bond motifs is 3. The van der Waals surface area contributed by atoms with Crippen LogP contribution in [-0.2, 0) is 6.54 Å². The van der Waals surface area contributed by atoms with E-state index in [0.29, 0.717) is 11.5 Å². The molecule has 0 saturated carbocycles. The lowest BCUT2D eigenvalue weighted by atomic mass is 10.2. The molecule has 124 valence electrons. The molecule has 9 heteroatoms. The highest BCUT2D eigenvalue weighted by Crippen LogP contribution is 2.30. The van der Waals surface area contributed by atoms with Gasteiger partial charge in [-0.1, -0.05) is 0 Å². The Kier molecular flexibility index (Phi) is 3.34. The molecule has 0 saturated heterocycles. The summed E-state index contributed by atoms with van der Waals surface area (Å²) in [6.07, 6.45) is -0.955. The van der Waals surface area contributed by atoms with Crippen molar-refractivity contribution in [2.75, 3.05) is 0 Å². The van der Waals surface area contributed by atoms with Crippen molar-refractivity contribution in [2.45, 2.75) is 33.7 Å². The van der Waals surface area contributed by atoms with E-state index in [-0.39, 0.29) is 12.2 Å². The quantitative estimate of drug-likeness (QED) is 0.569. The van der Waals surface area contributed by atoms with Crippen molar-refractivity contribution in [3.63, 3.8) is 0 Å². The summed E-state index contributed by atoms with van der Waals surface area (Å²) in [5.74, 6) is 0.513. The topological polar surface area (TPSA) is 60.9 Å². The van der Waals surface area contributed by atoms with Gasteiger partial charge in [-0.25, -0.2) is 23.3 Å². The van der Waals surface area contributed by atoms with Gasteiger partial charge in [-0.2, -0.15) is 5.10 Å². The molecule has 0 radical (unpaired) electrons. The maximum absolute atomic E-state index is 12.8. The number of thiophene rings is 1. The summed E-state index contributed by atoms with van der Waals surface area (Å²) < 4.78 is 28.7. The zero-order chi connectivity index (χ0) is 17.0. The lowest BCUT2D eigenvalue weighted by Gasteiger charge is -1.99. The number of hydrogen-bond donors (Lipinski definition) is 0. The number of rotatable bonds is 3. The molecule has 0 aliphatic heterocycles. The molecule has 0 unspecified atom stereocenters. The van der Waals surface area contributed by atoms with Crippen LogP contribution in [0.15, 0.2) is 12.4 Å². The molecule has 0 aliphatic rings. The molecule has 0 aliphatic carbocycles. The van der Waals surface area contributed by atoms with Crippen LogP contribution in [-0.4, -0.2) is 29.4 Å². The van der Waals surface area contributed by atoms with E-state index in [2.05, 4.69) is 27.1 Å². The minimum atomic E-state index is -2.58. The highest BCUT2D eigenvalue weighted by Gasteiger charge is 2.17. The normalized spacial score (nSPS) is 12.1. The Hall–Kier alpha value is -2.42. The molecule has 0 N–H and O–H groups in total. The van der Waals surface area contributed by atoms with E-state index >= 15 is 0 Å². The van der Waals surface area contributed by atoms with Gasteiger partial charge >= 0.3 is 0 Å². The van der Waals surface area contributed by atoms with Crippen LogP contribution < -0.4 is 0 Å². The monoisotopic (exact) mass is 348 g/mol. The summed E-state index contributed by atoms with van der Waals surface area (Å²) in [6.45, 7) is 6.07. The molecule has 0 aromatic carbocycles. The average Bonchev–Trinajstić information content (AvgIpc) is 3.17. The van der Waals surface area contributed by atoms with Gasteiger partial charge in [0, 0.05) is 10.6 Å². The molecule has 0 amide bonds. The van der Waals surface area contributed by atoms with Gasteiger partial charge in [0.25, 0.3) is 6.43 Å². The third-order valence-electron chi connectivity index (χ3n) is 4.06. The minimum absolute atomic E-state index is 0.232. The molecule has 0 atom stereocenters. The first-order chi connectivity index (χ1) is 11.4. The molecular weight excluding hydrogens is 334 g/mol. The molecule has 0 spiro atoms. The van der Waals surface area contributed by atoms with Crippen molar-refractivity contribution < 1.29 is 8.78 Å². The van der Waals surface area contributed by atoms with Crippen LogP contribution in [0.4, 0.5) is 8.78 Å². The third kappa shape index (κ3) is 2.27. The predicted octanol–water partition coefficient (Wildman–Crippen LogP) is 3.45. The van der Waals surface area contributed by atoms with Crippen LogP contribution in [0.3, 0.4) is 0 Å². The van der Waals surface area contributed by atoms with E-state index in [9.17, 15) is 8.78 Å². The number of halogens is 2. The number of alkyl halides is 2. The SMILES string of the molecule is Cc1sc2ncn3nc(Cn4nc(C(F)F)cc4C)nc3c2c1C. The lowest BCUT2D eigenvalue weighted by Crippen LogP contribution is -2.06. The van der Waals surface area contributed by atoms with Gasteiger partial charge in [-0.3, -0.25) is 4.68 Å². The zero-order valence-corrected chi connectivity index (χ0v) is 14.1. The smallest absolute Gasteiger partial charge is 0.262 e. The highest BCUT2D eigenvalue weighted by molar-refractivity contribution is 7.18. The number of nitrogens with zero attached hydrogens (tertiary/aromatic N) is 6. The molecular formula is C15H14F2N6S. The third-order valence-corrected chi connectivity index (χ3v) is 5.18. The summed E-state index contributed by atoms with van der Waals surface area (Å²) in [6, 6.07) is 1.38. The molecule has 4 heterocycles. The summed E-state index contributed by atoms with van der Waals surface area (Å²) in [4.78, 5) is 11.1. The van der Waals surface area contributed by atoms with Gasteiger partial charge in [-0.15, -0.1) is 16.4 Å². The van der Waals surface area contributed by atoms with Crippen LogP contribution in [0.2, 0.25) is 0 Å². The number of hydrogen-bond acceptors (Lipinski definition) is 5. The molecule has 4 aromatic heterocycles. The van der Waals surface area contributed by atoms with E-state index in [0.717, 1.165) is 21.4 Å². The molecule has 0 fully saturated rings. The zero-order valence-electron chi connectivity index (χ0n) is 13.3. The molecule has 4 rings (SSSR count). The van der Waals surface area contributed by atoms with E-state index in [1.54, 1.807) is 29.1 Å². The first-order valence-corrected chi connectivity index (χ1v) is 8.18. The Labute approximate surface area is 139 Å². The van der Waals surface area contributed by atoms with Crippen LogP contribution in [0.1, 0.15) is 34.1 Å². The molecule has 4 aromatic rings. The largest absolute Gasteiger partial charge is 0.282 e. The van der Waals surface area contributed by atoms with Gasteiger partial charge in [0.05, 0.1) is 5.39 Å². The Morgan fingerprint density at radius 2 is 2.00 bits per heavy atom. The van der Waals surface area contributed by atoms with E-state index < -0.39 is 6.43 Å². The lowest BCUT2D eigenvalue weighted by molar-refractivity contribution is 0.145. The minimum Gasteiger partial charge on any atom is -0.262 e. The second kappa shape index (κ2) is 5.30. The van der Waals surface area contributed by atoms with Crippen LogP contribution in [0.5, 0.6) is 0 Å². The first-order valence-electron chi connectivity index (χ1n) is 7.36. The standard InChI is InChI=1S/C15H14F2N6S/c1-7-4-10(13(16)17)20-22(7)5-11-19-14-12-8(2)9(3)24-15(12)18-6-23(14)21-11/h4,6,13H,5H2,1-3H3. The first kappa shape index (κ1) is 15.1. The van der Waals surface area contributed by atoms with Crippen molar-refractivity contribution >= 4 is 27.2 Å². The highest BCUT2D eigenvalue weighted by atomic mass is 32.1. The van der Waals surface area contributed by atoms with E-state index in [1.165, 1.54) is 15.6 Å². The van der Waals surface area contributed by atoms with Gasteiger partial charge in [-0.05, 0) is 32.4 Å². The van der Waals surface area contributed by atoms with Gasteiger partial charge in [0.2, 0.25) is 0 Å². The van der Waals surface area contributed by atoms with Gasteiger partial charge in [0.1, 0.15) is 23.4 Å². The number of aryl methyl sites for hydroxylation is 3. The average molecular weight is 348 g/mol. The number of aromatic nitrogens is 6. The van der Waals surface area contributed by atoms with Crippen LogP contribution in [0, 0.1) is 20.8 Å². The second-order valence-corrected chi connectivity index (χ2v) is 6.88. The van der Waals surface area contributed by atoms with Crippen LogP contribution in [0.25, 0.3) is 15.9 Å². The second-order valence-electron chi connectivity index (χ2n) is 5.67. The van der Waals surface area contributed by atoms with Crippen molar-refractivity contribution in [3.8, 4) is 0 Å². The Bertz CT molecular complexity index is 1060. The van der Waals surface area contributed by atoms with E-state index in [4.69, 9.17) is 0 Å². The maximum atomic E-state index is 12.8. The Balaban J connectivity index is 1.79. The fraction of sp³-hybridized carbons (Fsp3) is 0.333. The summed E-state index contributed by atoms with van der Waals surface area (Å²) in [5, 5.41) is 9.32. The van der Waals surface area contributed by atoms with Crippen molar-refractivity contribution in [1.29, 1.82) is 0 Å². The molecule has 6 nitrogen and oxygen atoms in total. The van der Waals surface area contributed by atoms with Gasteiger partial charge in [0.15, 0.2) is 11.5 Å². The van der Waals surface area contributed by atoms with Crippen LogP contribution >= 0.6 is 11.3 Å². The van der Waals surface area contributed by atoms with Crippen molar-refractivity contribution in [2.24, 2.45) is 0 Å². The van der Waals surface area contributed by atoms with Crippen molar-refractivity contribution in [1.82, 2.24) is 29.4 Å². The summed E-state index contributed by atoms with van der Waals surface area (Å²) in [5.41, 5.74) is 2.29. The maximum Gasteiger partial charge on any atom is 0.282 e. The Morgan fingerprint density at radius 1 is 1.21 bits per heavy atom. The summed E-state index contributed by atoms with van der Waals surface area (Å²) in [7, 11) is 0. The fourth-order valence-electron chi connectivity index (χ4n) is 2.69. The fourth-order valence-corrected chi connectivity index (χ4v) is 3.68. The molecule has 0 bridgehead atoms. The van der Waals surface area contributed by atoms with Gasteiger partial charge < -0.3 is 0 Å². The molecule has 24 heavy (non-hydrogen) atoms.